The Morgan fingerprint density at radius 1 is 1.12 bits per heavy atom. The van der Waals surface area contributed by atoms with Crippen molar-refractivity contribution < 1.29 is 5.11 Å². The van der Waals surface area contributed by atoms with E-state index in [2.05, 4.69) is 36.2 Å². The number of hydrogen-bond donors (Lipinski definition) is 2. The molecule has 0 saturated carbocycles. The molecule has 2 rings (SSSR count). The average molecular weight is 215 g/mol. The first kappa shape index (κ1) is 11.0. The van der Waals surface area contributed by atoms with Crippen molar-refractivity contribution in [1.29, 1.82) is 0 Å². The van der Waals surface area contributed by atoms with Gasteiger partial charge in [-0.2, -0.15) is 0 Å². The summed E-state index contributed by atoms with van der Waals surface area (Å²) in [6, 6.07) is 10.4. The van der Waals surface area contributed by atoms with Crippen molar-refractivity contribution in [1.82, 2.24) is 4.98 Å². The standard InChI is InChI=1S/C14H17NO/c1-11-9-15-14(10-16)13(11)8-7-12-5-3-2-4-6-12/h2-6,9,15-16H,7-8,10H2,1H3. The number of aliphatic hydroxyl groups is 1. The topological polar surface area (TPSA) is 36.0 Å². The summed E-state index contributed by atoms with van der Waals surface area (Å²) in [5.74, 6) is 0. The van der Waals surface area contributed by atoms with E-state index in [1.165, 1.54) is 16.7 Å². The highest BCUT2D eigenvalue weighted by atomic mass is 16.3. The number of aromatic amines is 1. The van der Waals surface area contributed by atoms with Crippen LogP contribution in [-0.4, -0.2) is 10.1 Å². The molecule has 0 fully saturated rings. The van der Waals surface area contributed by atoms with E-state index in [1.54, 1.807) is 0 Å². The van der Waals surface area contributed by atoms with E-state index >= 15 is 0 Å². The van der Waals surface area contributed by atoms with Gasteiger partial charge in [-0.3, -0.25) is 0 Å². The van der Waals surface area contributed by atoms with Gasteiger partial charge in [-0.25, -0.2) is 0 Å². The fourth-order valence-electron chi connectivity index (χ4n) is 2.01. The van der Waals surface area contributed by atoms with Crippen molar-refractivity contribution in [2.45, 2.75) is 26.4 Å². The molecular weight excluding hydrogens is 198 g/mol. The third-order valence-corrected chi connectivity index (χ3v) is 2.97. The summed E-state index contributed by atoms with van der Waals surface area (Å²) in [7, 11) is 0. The van der Waals surface area contributed by atoms with Crippen molar-refractivity contribution in [2.75, 3.05) is 0 Å². The van der Waals surface area contributed by atoms with E-state index in [9.17, 15) is 5.11 Å². The molecule has 0 aliphatic carbocycles. The van der Waals surface area contributed by atoms with Crippen LogP contribution in [-0.2, 0) is 19.4 Å². The Morgan fingerprint density at radius 2 is 1.88 bits per heavy atom. The highest BCUT2D eigenvalue weighted by Gasteiger charge is 2.06. The zero-order valence-corrected chi connectivity index (χ0v) is 9.53. The maximum atomic E-state index is 9.20. The maximum absolute atomic E-state index is 9.20. The zero-order chi connectivity index (χ0) is 11.4. The maximum Gasteiger partial charge on any atom is 0.0833 e. The summed E-state index contributed by atoms with van der Waals surface area (Å²) in [5.41, 5.74) is 4.78. The lowest BCUT2D eigenvalue weighted by Gasteiger charge is -2.04. The summed E-state index contributed by atoms with van der Waals surface area (Å²) in [6.45, 7) is 2.17. The van der Waals surface area contributed by atoms with Crippen molar-refractivity contribution in [3.63, 3.8) is 0 Å². The molecule has 0 atom stereocenters. The lowest BCUT2D eigenvalue weighted by atomic mass is 10.0. The van der Waals surface area contributed by atoms with E-state index < -0.39 is 0 Å². The molecule has 1 aromatic heterocycles. The highest BCUT2D eigenvalue weighted by molar-refractivity contribution is 5.30. The van der Waals surface area contributed by atoms with Crippen molar-refractivity contribution in [2.24, 2.45) is 0 Å². The SMILES string of the molecule is Cc1c[nH]c(CO)c1CCc1ccccc1. The number of hydrogen-bond acceptors (Lipinski definition) is 1. The molecular formula is C14H17NO. The van der Waals surface area contributed by atoms with Crippen molar-refractivity contribution in [3.05, 3.63) is 58.9 Å². The van der Waals surface area contributed by atoms with Crippen LogP contribution < -0.4 is 0 Å². The molecule has 0 aliphatic heterocycles. The van der Waals surface area contributed by atoms with E-state index in [4.69, 9.17) is 0 Å². The fourth-order valence-corrected chi connectivity index (χ4v) is 2.01. The molecule has 0 radical (unpaired) electrons. The first-order valence-electron chi connectivity index (χ1n) is 5.61. The highest BCUT2D eigenvalue weighted by Crippen LogP contribution is 2.16. The molecule has 2 nitrogen and oxygen atoms in total. The molecule has 1 heterocycles. The average Bonchev–Trinajstić information content (AvgIpc) is 2.69. The van der Waals surface area contributed by atoms with Crippen LogP contribution >= 0.6 is 0 Å². The van der Waals surface area contributed by atoms with E-state index in [1.807, 2.05) is 12.3 Å². The summed E-state index contributed by atoms with van der Waals surface area (Å²) < 4.78 is 0. The minimum absolute atomic E-state index is 0.0952. The predicted octanol–water partition coefficient (Wildman–Crippen LogP) is 2.60. The normalized spacial score (nSPS) is 10.6. The molecule has 2 aromatic rings. The Bertz CT molecular complexity index is 445. The van der Waals surface area contributed by atoms with Gasteiger partial charge >= 0.3 is 0 Å². The van der Waals surface area contributed by atoms with Crippen molar-refractivity contribution >= 4 is 0 Å². The molecule has 16 heavy (non-hydrogen) atoms. The number of nitrogens with one attached hydrogen (secondary N) is 1. The van der Waals surface area contributed by atoms with Crippen LogP contribution in [0.3, 0.4) is 0 Å². The van der Waals surface area contributed by atoms with Crippen LogP contribution in [0, 0.1) is 6.92 Å². The Morgan fingerprint density at radius 3 is 2.56 bits per heavy atom. The minimum Gasteiger partial charge on any atom is -0.390 e. The van der Waals surface area contributed by atoms with Crippen LogP contribution in [0.5, 0.6) is 0 Å². The van der Waals surface area contributed by atoms with Crippen LogP contribution in [0.4, 0.5) is 0 Å². The quantitative estimate of drug-likeness (QED) is 0.808. The van der Waals surface area contributed by atoms with Gasteiger partial charge in [0.2, 0.25) is 0 Å². The first-order chi connectivity index (χ1) is 7.81. The molecule has 2 N–H and O–H groups in total. The minimum atomic E-state index is 0.0952. The second-order valence-electron chi connectivity index (χ2n) is 4.07. The lowest BCUT2D eigenvalue weighted by Crippen LogP contribution is -1.96. The summed E-state index contributed by atoms with van der Waals surface area (Å²) in [6.07, 6.45) is 3.97. The molecule has 0 spiro atoms. The molecule has 1 aromatic carbocycles. The molecule has 2 heteroatoms. The Balaban J connectivity index is 2.07. The first-order valence-corrected chi connectivity index (χ1v) is 5.61. The third-order valence-electron chi connectivity index (χ3n) is 2.97. The lowest BCUT2D eigenvalue weighted by molar-refractivity contribution is 0.276. The van der Waals surface area contributed by atoms with Gasteiger partial charge in [0.15, 0.2) is 0 Å². The van der Waals surface area contributed by atoms with Gasteiger partial charge in [0.1, 0.15) is 0 Å². The van der Waals surface area contributed by atoms with Crippen LogP contribution in [0.1, 0.15) is 22.4 Å². The Labute approximate surface area is 96.0 Å². The van der Waals surface area contributed by atoms with Gasteiger partial charge in [0.05, 0.1) is 6.61 Å². The van der Waals surface area contributed by atoms with Crippen molar-refractivity contribution in [3.8, 4) is 0 Å². The summed E-state index contributed by atoms with van der Waals surface area (Å²) >= 11 is 0. The molecule has 0 amide bonds. The third kappa shape index (κ3) is 2.34. The van der Waals surface area contributed by atoms with Gasteiger partial charge in [0.25, 0.3) is 0 Å². The Hall–Kier alpha value is -1.54. The van der Waals surface area contributed by atoms with E-state index in [-0.39, 0.29) is 6.61 Å². The number of H-pyrrole nitrogens is 1. The molecule has 0 aliphatic rings. The Kier molecular flexibility index (Phi) is 3.42. The van der Waals surface area contributed by atoms with Crippen LogP contribution in [0.15, 0.2) is 36.5 Å². The number of benzene rings is 1. The smallest absolute Gasteiger partial charge is 0.0833 e. The monoisotopic (exact) mass is 215 g/mol. The van der Waals surface area contributed by atoms with Crippen LogP contribution in [0.25, 0.3) is 0 Å². The molecule has 0 unspecified atom stereocenters. The fraction of sp³-hybridized carbons (Fsp3) is 0.286. The number of rotatable bonds is 4. The van der Waals surface area contributed by atoms with Gasteiger partial charge < -0.3 is 10.1 Å². The summed E-state index contributed by atoms with van der Waals surface area (Å²) in [4.78, 5) is 3.11. The predicted molar refractivity (Wildman–Crippen MR) is 65.3 cm³/mol. The number of aromatic nitrogens is 1. The van der Waals surface area contributed by atoms with E-state index in [0.717, 1.165) is 18.5 Å². The van der Waals surface area contributed by atoms with Gasteiger partial charge in [-0.1, -0.05) is 30.3 Å². The molecule has 0 saturated heterocycles. The summed E-state index contributed by atoms with van der Waals surface area (Å²) in [5, 5.41) is 9.20. The largest absolute Gasteiger partial charge is 0.390 e. The number of aliphatic hydroxyl groups excluding tert-OH is 1. The second kappa shape index (κ2) is 4.99. The van der Waals surface area contributed by atoms with Gasteiger partial charge in [-0.05, 0) is 36.5 Å². The second-order valence-corrected chi connectivity index (χ2v) is 4.07. The molecule has 0 bridgehead atoms. The molecule has 84 valence electrons. The van der Waals surface area contributed by atoms with Gasteiger partial charge in [-0.15, -0.1) is 0 Å². The van der Waals surface area contributed by atoms with Gasteiger partial charge in [0, 0.05) is 11.9 Å². The van der Waals surface area contributed by atoms with E-state index in [0.29, 0.717) is 0 Å². The van der Waals surface area contributed by atoms with Crippen LogP contribution in [0.2, 0.25) is 0 Å². The number of aryl methyl sites for hydroxylation is 2. The zero-order valence-electron chi connectivity index (χ0n) is 9.53.